The molecule has 5 aromatic carbocycles. The van der Waals surface area contributed by atoms with Gasteiger partial charge in [-0.3, -0.25) is 0 Å². The second kappa shape index (κ2) is 9.43. The molecule has 0 bridgehead atoms. The Labute approximate surface area is 201 Å². The zero-order chi connectivity index (χ0) is 26.0. The zero-order valence-electron chi connectivity index (χ0n) is 18.1. The van der Waals surface area contributed by atoms with Crippen molar-refractivity contribution < 1.29 is 17.6 Å². The van der Waals surface area contributed by atoms with Gasteiger partial charge in [0.1, 0.15) is 35.4 Å². The van der Waals surface area contributed by atoms with Gasteiger partial charge in [0.15, 0.2) is 23.3 Å². The van der Waals surface area contributed by atoms with Crippen molar-refractivity contribution in [2.24, 2.45) is 0 Å². The van der Waals surface area contributed by atoms with Crippen molar-refractivity contribution >= 4 is 43.5 Å². The number of hydrogen-bond acceptors (Lipinski definition) is 4. The SMILES string of the molecule is N#CC(C#N)=c1c(F)c(F)c(=C(C#N)C#N)c(F)c1F.c1cc2ccc3cccc4ccc(c1)c2c34. The number of nitrogens with zero attached hydrogens (tertiary/aromatic N) is 4. The molecule has 0 atom stereocenters. The minimum atomic E-state index is -2.03. The molecule has 0 aliphatic heterocycles. The molecule has 8 heteroatoms. The van der Waals surface area contributed by atoms with E-state index < -0.39 is 44.9 Å². The molecular formula is C28H10F4N4. The van der Waals surface area contributed by atoms with Gasteiger partial charge in [0.05, 0.1) is 10.4 Å². The minimum absolute atomic E-state index is 1.09. The van der Waals surface area contributed by atoms with Gasteiger partial charge in [-0.1, -0.05) is 60.7 Å². The summed E-state index contributed by atoms with van der Waals surface area (Å²) >= 11 is 0. The van der Waals surface area contributed by atoms with E-state index in [1.165, 1.54) is 32.3 Å². The van der Waals surface area contributed by atoms with Gasteiger partial charge in [-0.25, -0.2) is 17.6 Å². The fraction of sp³-hybridized carbons (Fsp3) is 0. The third kappa shape index (κ3) is 3.70. The summed E-state index contributed by atoms with van der Waals surface area (Å²) in [6, 6.07) is 26.2. The topological polar surface area (TPSA) is 95.2 Å². The van der Waals surface area contributed by atoms with E-state index in [0.717, 1.165) is 24.3 Å². The van der Waals surface area contributed by atoms with E-state index in [1.54, 1.807) is 0 Å². The quantitative estimate of drug-likeness (QED) is 0.173. The van der Waals surface area contributed by atoms with Gasteiger partial charge in [0.2, 0.25) is 0 Å². The molecule has 0 saturated carbocycles. The summed E-state index contributed by atoms with van der Waals surface area (Å²) in [7, 11) is 0. The summed E-state index contributed by atoms with van der Waals surface area (Å²) in [5, 5.41) is 39.1. The van der Waals surface area contributed by atoms with Crippen LogP contribution in [-0.4, -0.2) is 0 Å². The lowest BCUT2D eigenvalue weighted by atomic mass is 9.95. The number of nitriles is 4. The van der Waals surface area contributed by atoms with Gasteiger partial charge in [-0.15, -0.1) is 0 Å². The molecular weight excluding hydrogens is 468 g/mol. The van der Waals surface area contributed by atoms with Crippen LogP contribution in [0.25, 0.3) is 43.5 Å². The molecule has 0 aromatic heterocycles. The lowest BCUT2D eigenvalue weighted by molar-refractivity contribution is 0.434. The third-order valence-corrected chi connectivity index (χ3v) is 5.60. The summed E-state index contributed by atoms with van der Waals surface area (Å²) < 4.78 is 54.5. The first-order valence-electron chi connectivity index (χ1n) is 10.2. The molecule has 0 unspecified atom stereocenters. The molecule has 170 valence electrons. The molecule has 0 fully saturated rings. The largest absolute Gasteiger partial charge is 0.203 e. The van der Waals surface area contributed by atoms with E-state index >= 15 is 0 Å². The Morgan fingerprint density at radius 2 is 0.694 bits per heavy atom. The van der Waals surface area contributed by atoms with Gasteiger partial charge in [0, 0.05) is 0 Å². The summed E-state index contributed by atoms with van der Waals surface area (Å²) in [6.45, 7) is 0. The van der Waals surface area contributed by atoms with Crippen molar-refractivity contribution in [3.63, 3.8) is 0 Å². The van der Waals surface area contributed by atoms with Gasteiger partial charge in [0.25, 0.3) is 0 Å². The monoisotopic (exact) mass is 478 g/mol. The van der Waals surface area contributed by atoms with E-state index in [0.29, 0.717) is 0 Å². The normalized spacial score (nSPS) is 10.1. The van der Waals surface area contributed by atoms with E-state index in [-0.39, 0.29) is 0 Å². The van der Waals surface area contributed by atoms with E-state index in [9.17, 15) is 17.6 Å². The molecule has 0 radical (unpaired) electrons. The van der Waals surface area contributed by atoms with Crippen molar-refractivity contribution in [2.45, 2.75) is 0 Å². The number of rotatable bonds is 0. The molecule has 0 heterocycles. The predicted octanol–water partition coefficient (Wildman–Crippen LogP) is 5.22. The third-order valence-electron chi connectivity index (χ3n) is 5.60. The number of hydrogen-bond donors (Lipinski definition) is 0. The van der Waals surface area contributed by atoms with Crippen molar-refractivity contribution in [2.75, 3.05) is 0 Å². The van der Waals surface area contributed by atoms with Gasteiger partial charge in [-0.05, 0) is 32.3 Å². The smallest absolute Gasteiger partial charge is 0.171 e. The molecule has 0 N–H and O–H groups in total. The van der Waals surface area contributed by atoms with Crippen molar-refractivity contribution in [3.05, 3.63) is 94.4 Å². The van der Waals surface area contributed by atoms with Crippen LogP contribution in [0.15, 0.2) is 60.7 Å². The van der Waals surface area contributed by atoms with Crippen LogP contribution in [-0.2, 0) is 0 Å². The van der Waals surface area contributed by atoms with E-state index in [1.807, 2.05) is 0 Å². The minimum Gasteiger partial charge on any atom is -0.203 e. The molecule has 0 aliphatic rings. The zero-order valence-corrected chi connectivity index (χ0v) is 18.1. The lowest BCUT2D eigenvalue weighted by Gasteiger charge is -2.09. The molecule has 5 aromatic rings. The van der Waals surface area contributed by atoms with Crippen LogP contribution >= 0.6 is 0 Å². The van der Waals surface area contributed by atoms with Gasteiger partial charge in [-0.2, -0.15) is 21.0 Å². The standard InChI is InChI=1S/C16H10.C12F4N4/c1-3-11-7-9-13-5-2-6-14-10-8-12(4-1)15(11)16(13)14;13-9-7(5(1-17)2-18)10(14)12(16)8(11(9)15)6(3-19)4-20/h1-10H;. The first-order valence-corrected chi connectivity index (χ1v) is 10.2. The highest BCUT2D eigenvalue weighted by atomic mass is 19.2. The molecule has 5 rings (SSSR count). The average Bonchev–Trinajstić information content (AvgIpc) is 2.91. The Hall–Kier alpha value is -5.44. The van der Waals surface area contributed by atoms with E-state index in [4.69, 9.17) is 21.0 Å². The first kappa shape index (κ1) is 23.7. The number of halogens is 4. The molecule has 0 aliphatic carbocycles. The van der Waals surface area contributed by atoms with Crippen molar-refractivity contribution in [1.82, 2.24) is 0 Å². The first-order chi connectivity index (χ1) is 17.4. The van der Waals surface area contributed by atoms with Crippen molar-refractivity contribution in [3.8, 4) is 24.3 Å². The summed E-state index contributed by atoms with van der Waals surface area (Å²) in [4.78, 5) is 0. The molecule has 4 nitrogen and oxygen atoms in total. The molecule has 0 saturated heterocycles. The second-order valence-electron chi connectivity index (χ2n) is 7.49. The summed E-state index contributed by atoms with van der Waals surface area (Å²) in [5.41, 5.74) is -2.36. The highest BCUT2D eigenvalue weighted by molar-refractivity contribution is 6.22. The van der Waals surface area contributed by atoms with Crippen LogP contribution in [0.3, 0.4) is 0 Å². The van der Waals surface area contributed by atoms with Crippen LogP contribution in [0.1, 0.15) is 0 Å². The van der Waals surface area contributed by atoms with Gasteiger partial charge < -0.3 is 0 Å². The maximum atomic E-state index is 13.6. The van der Waals surface area contributed by atoms with Crippen molar-refractivity contribution in [1.29, 1.82) is 21.0 Å². The van der Waals surface area contributed by atoms with Gasteiger partial charge >= 0.3 is 0 Å². The molecule has 0 spiro atoms. The van der Waals surface area contributed by atoms with Crippen LogP contribution in [0.2, 0.25) is 0 Å². The fourth-order valence-corrected chi connectivity index (χ4v) is 4.01. The average molecular weight is 478 g/mol. The van der Waals surface area contributed by atoms with Crippen LogP contribution in [0, 0.1) is 68.6 Å². The Balaban J connectivity index is 0.000000172. The Kier molecular flexibility index (Phi) is 6.21. The lowest BCUT2D eigenvalue weighted by Crippen LogP contribution is -2.31. The van der Waals surface area contributed by atoms with Crippen LogP contribution in [0.5, 0.6) is 0 Å². The van der Waals surface area contributed by atoms with Crippen LogP contribution < -0.4 is 10.4 Å². The highest BCUT2D eigenvalue weighted by Gasteiger charge is 2.22. The maximum Gasteiger partial charge on any atom is 0.171 e. The maximum absolute atomic E-state index is 13.6. The summed E-state index contributed by atoms with van der Waals surface area (Å²) in [6.07, 6.45) is 0. The Bertz CT molecular complexity index is 1710. The predicted molar refractivity (Wildman–Crippen MR) is 125 cm³/mol. The van der Waals surface area contributed by atoms with E-state index in [2.05, 4.69) is 60.7 Å². The Morgan fingerprint density at radius 3 is 0.917 bits per heavy atom. The number of benzene rings is 5. The second-order valence-corrected chi connectivity index (χ2v) is 7.49. The Morgan fingerprint density at radius 1 is 0.444 bits per heavy atom. The highest BCUT2D eigenvalue weighted by Crippen LogP contribution is 2.33. The summed E-state index contributed by atoms with van der Waals surface area (Å²) in [5.74, 6) is -8.11. The molecule has 0 amide bonds. The van der Waals surface area contributed by atoms with Crippen LogP contribution in [0.4, 0.5) is 17.6 Å². The fourth-order valence-electron chi connectivity index (χ4n) is 4.01. The molecule has 36 heavy (non-hydrogen) atoms.